The standard InChI is InChI=1S/C13H17FN2O2/c1-2-5-16(10-7-15-8-10)13(18)11-6-9(14)3-4-12(11)17/h3-4,6,10,15,17H,2,5,7-8H2,1H3. The molecule has 0 spiro atoms. The first-order chi connectivity index (χ1) is 8.63. The fourth-order valence-corrected chi connectivity index (χ4v) is 2.02. The van der Waals surface area contributed by atoms with Crippen molar-refractivity contribution in [2.45, 2.75) is 19.4 Å². The summed E-state index contributed by atoms with van der Waals surface area (Å²) in [6.45, 7) is 4.10. The summed E-state index contributed by atoms with van der Waals surface area (Å²) in [7, 11) is 0. The lowest BCUT2D eigenvalue weighted by Gasteiger charge is -2.38. The molecule has 0 aromatic heterocycles. The van der Waals surface area contributed by atoms with Gasteiger partial charge in [0.25, 0.3) is 5.91 Å². The van der Waals surface area contributed by atoms with E-state index in [0.29, 0.717) is 6.54 Å². The van der Waals surface area contributed by atoms with Crippen molar-refractivity contribution in [3.63, 3.8) is 0 Å². The second kappa shape index (κ2) is 5.35. The van der Waals surface area contributed by atoms with Crippen LogP contribution in [0.15, 0.2) is 18.2 Å². The number of rotatable bonds is 4. The number of aromatic hydroxyl groups is 1. The molecule has 5 heteroatoms. The summed E-state index contributed by atoms with van der Waals surface area (Å²) in [4.78, 5) is 14.0. The van der Waals surface area contributed by atoms with E-state index in [0.717, 1.165) is 31.6 Å². The lowest BCUT2D eigenvalue weighted by molar-refractivity contribution is 0.0612. The molecule has 1 aromatic rings. The zero-order chi connectivity index (χ0) is 13.1. The molecule has 2 N–H and O–H groups in total. The van der Waals surface area contributed by atoms with E-state index in [4.69, 9.17) is 0 Å². The van der Waals surface area contributed by atoms with Gasteiger partial charge in [0.05, 0.1) is 11.6 Å². The molecule has 2 rings (SSSR count). The van der Waals surface area contributed by atoms with Crippen LogP contribution in [0, 0.1) is 5.82 Å². The van der Waals surface area contributed by atoms with Crippen molar-refractivity contribution in [1.82, 2.24) is 10.2 Å². The highest BCUT2D eigenvalue weighted by Crippen LogP contribution is 2.21. The van der Waals surface area contributed by atoms with Crippen LogP contribution >= 0.6 is 0 Å². The Morgan fingerprint density at radius 3 is 2.83 bits per heavy atom. The SMILES string of the molecule is CCCN(C(=O)c1cc(F)ccc1O)C1CNC1. The molecule has 0 aliphatic carbocycles. The Kier molecular flexibility index (Phi) is 3.81. The van der Waals surface area contributed by atoms with Crippen molar-refractivity contribution in [1.29, 1.82) is 0 Å². The predicted molar refractivity (Wildman–Crippen MR) is 66.1 cm³/mol. The zero-order valence-corrected chi connectivity index (χ0v) is 10.3. The van der Waals surface area contributed by atoms with Crippen LogP contribution in [0.5, 0.6) is 5.75 Å². The molecule has 98 valence electrons. The van der Waals surface area contributed by atoms with Gasteiger partial charge >= 0.3 is 0 Å². The van der Waals surface area contributed by atoms with Crippen LogP contribution in [0.2, 0.25) is 0 Å². The van der Waals surface area contributed by atoms with Crippen LogP contribution in [0.25, 0.3) is 0 Å². The van der Waals surface area contributed by atoms with Crippen LogP contribution in [0.4, 0.5) is 4.39 Å². The summed E-state index contributed by atoms with van der Waals surface area (Å²) in [5.41, 5.74) is 0.0374. The number of halogens is 1. The molecule has 0 unspecified atom stereocenters. The Morgan fingerprint density at radius 2 is 2.28 bits per heavy atom. The molecule has 1 aromatic carbocycles. The highest BCUT2D eigenvalue weighted by atomic mass is 19.1. The van der Waals surface area contributed by atoms with Crippen molar-refractivity contribution < 1.29 is 14.3 Å². The number of amides is 1. The third kappa shape index (κ3) is 2.46. The molecule has 1 fully saturated rings. The molecule has 1 saturated heterocycles. The molecule has 0 bridgehead atoms. The van der Waals surface area contributed by atoms with E-state index in [-0.39, 0.29) is 23.3 Å². The predicted octanol–water partition coefficient (Wildman–Crippen LogP) is 1.36. The number of hydrogen-bond acceptors (Lipinski definition) is 3. The van der Waals surface area contributed by atoms with Gasteiger partial charge in [0.2, 0.25) is 0 Å². The number of nitrogens with one attached hydrogen (secondary N) is 1. The van der Waals surface area contributed by atoms with E-state index in [1.807, 2.05) is 6.92 Å². The van der Waals surface area contributed by atoms with Gasteiger partial charge in [0.15, 0.2) is 0 Å². The first kappa shape index (κ1) is 12.8. The first-order valence-electron chi connectivity index (χ1n) is 6.13. The number of hydrogen-bond donors (Lipinski definition) is 2. The molecular weight excluding hydrogens is 235 g/mol. The van der Waals surface area contributed by atoms with Gasteiger partial charge in [-0.15, -0.1) is 0 Å². The van der Waals surface area contributed by atoms with E-state index in [1.54, 1.807) is 4.90 Å². The van der Waals surface area contributed by atoms with Gasteiger partial charge in [0.1, 0.15) is 11.6 Å². The Bertz CT molecular complexity index is 447. The third-order valence-electron chi connectivity index (χ3n) is 3.12. The monoisotopic (exact) mass is 252 g/mol. The Balaban J connectivity index is 2.23. The maximum atomic E-state index is 13.2. The van der Waals surface area contributed by atoms with Gasteiger partial charge in [-0.2, -0.15) is 0 Å². The van der Waals surface area contributed by atoms with Crippen LogP contribution < -0.4 is 5.32 Å². The van der Waals surface area contributed by atoms with Crippen molar-refractivity contribution in [3.05, 3.63) is 29.6 Å². The Morgan fingerprint density at radius 1 is 1.56 bits per heavy atom. The minimum absolute atomic E-state index is 0.0374. The van der Waals surface area contributed by atoms with Crippen molar-refractivity contribution in [2.75, 3.05) is 19.6 Å². The summed E-state index contributed by atoms with van der Waals surface area (Å²) in [6, 6.07) is 3.58. The van der Waals surface area contributed by atoms with Gasteiger partial charge in [-0.1, -0.05) is 6.92 Å². The smallest absolute Gasteiger partial charge is 0.258 e. The maximum Gasteiger partial charge on any atom is 0.258 e. The number of phenolic OH excluding ortho intramolecular Hbond substituents is 1. The van der Waals surface area contributed by atoms with Crippen LogP contribution in [-0.2, 0) is 0 Å². The molecule has 0 atom stereocenters. The van der Waals surface area contributed by atoms with Gasteiger partial charge in [-0.25, -0.2) is 4.39 Å². The molecule has 0 radical (unpaired) electrons. The van der Waals surface area contributed by atoms with Gasteiger partial charge in [-0.3, -0.25) is 4.79 Å². The summed E-state index contributed by atoms with van der Waals surface area (Å²) in [5.74, 6) is -0.991. The third-order valence-corrected chi connectivity index (χ3v) is 3.12. The van der Waals surface area contributed by atoms with Gasteiger partial charge in [-0.05, 0) is 24.6 Å². The van der Waals surface area contributed by atoms with E-state index < -0.39 is 5.82 Å². The Labute approximate surface area is 105 Å². The molecular formula is C13H17FN2O2. The van der Waals surface area contributed by atoms with Gasteiger partial charge in [0, 0.05) is 19.6 Å². The van der Waals surface area contributed by atoms with Crippen molar-refractivity contribution in [3.8, 4) is 5.75 Å². The topological polar surface area (TPSA) is 52.6 Å². The summed E-state index contributed by atoms with van der Waals surface area (Å²) in [5, 5.41) is 12.8. The van der Waals surface area contributed by atoms with E-state index in [2.05, 4.69) is 5.32 Å². The Hall–Kier alpha value is -1.62. The normalized spacial score (nSPS) is 15.2. The highest BCUT2D eigenvalue weighted by Gasteiger charge is 2.29. The number of phenols is 1. The molecule has 0 saturated carbocycles. The molecule has 1 amide bonds. The number of carbonyl (C=O) groups excluding carboxylic acids is 1. The molecule has 1 heterocycles. The molecule has 4 nitrogen and oxygen atoms in total. The van der Waals surface area contributed by atoms with Gasteiger partial charge < -0.3 is 15.3 Å². The second-order valence-electron chi connectivity index (χ2n) is 4.47. The van der Waals surface area contributed by atoms with Crippen molar-refractivity contribution >= 4 is 5.91 Å². The highest BCUT2D eigenvalue weighted by molar-refractivity contribution is 5.97. The lowest BCUT2D eigenvalue weighted by Crippen LogP contribution is -2.59. The molecule has 1 aliphatic rings. The van der Waals surface area contributed by atoms with Crippen LogP contribution in [-0.4, -0.2) is 41.6 Å². The average Bonchev–Trinajstić information content (AvgIpc) is 2.28. The number of carbonyl (C=O) groups is 1. The summed E-state index contributed by atoms with van der Waals surface area (Å²) in [6.07, 6.45) is 0.832. The largest absolute Gasteiger partial charge is 0.507 e. The fraction of sp³-hybridized carbons (Fsp3) is 0.462. The van der Waals surface area contributed by atoms with Crippen LogP contribution in [0.1, 0.15) is 23.7 Å². The van der Waals surface area contributed by atoms with Crippen LogP contribution in [0.3, 0.4) is 0 Å². The minimum Gasteiger partial charge on any atom is -0.507 e. The first-order valence-corrected chi connectivity index (χ1v) is 6.13. The summed E-state index contributed by atoms with van der Waals surface area (Å²) >= 11 is 0. The molecule has 1 aliphatic heterocycles. The maximum absolute atomic E-state index is 13.2. The lowest BCUT2D eigenvalue weighted by atomic mass is 10.1. The second-order valence-corrected chi connectivity index (χ2v) is 4.47. The van der Waals surface area contributed by atoms with E-state index in [1.165, 1.54) is 6.07 Å². The molecule has 18 heavy (non-hydrogen) atoms. The fourth-order valence-electron chi connectivity index (χ4n) is 2.02. The number of benzene rings is 1. The van der Waals surface area contributed by atoms with Crippen molar-refractivity contribution in [2.24, 2.45) is 0 Å². The average molecular weight is 252 g/mol. The zero-order valence-electron chi connectivity index (χ0n) is 10.3. The minimum atomic E-state index is -0.515. The van der Waals surface area contributed by atoms with E-state index >= 15 is 0 Å². The summed E-state index contributed by atoms with van der Waals surface area (Å²) < 4.78 is 13.2. The van der Waals surface area contributed by atoms with E-state index in [9.17, 15) is 14.3 Å². The quantitative estimate of drug-likeness (QED) is 0.850. The number of nitrogens with zero attached hydrogens (tertiary/aromatic N) is 1.